The number of carbonyl (C=O) groups is 2. The van der Waals surface area contributed by atoms with Gasteiger partial charge < -0.3 is 22.1 Å². The molecule has 204 valence electrons. The number of benzene rings is 4. The minimum Gasteiger partial charge on any atom is -0.397 e. The summed E-state index contributed by atoms with van der Waals surface area (Å²) >= 11 is 0. The van der Waals surface area contributed by atoms with E-state index in [1.54, 1.807) is 24.3 Å². The van der Waals surface area contributed by atoms with Crippen LogP contribution in [0.15, 0.2) is 84.9 Å². The summed E-state index contributed by atoms with van der Waals surface area (Å²) in [5.74, 6) is -0.729. The number of amides is 2. The predicted octanol–water partition coefficient (Wildman–Crippen LogP) is 5.48. The van der Waals surface area contributed by atoms with Crippen molar-refractivity contribution < 1.29 is 19.4 Å². The first-order valence-electron chi connectivity index (χ1n) is 11.8. The molecule has 0 aliphatic rings. The Morgan fingerprint density at radius 1 is 0.600 bits per heavy atom. The van der Waals surface area contributed by atoms with E-state index in [0.717, 1.165) is 11.1 Å². The van der Waals surface area contributed by atoms with Crippen LogP contribution >= 0.6 is 0 Å². The highest BCUT2D eigenvalue weighted by Crippen LogP contribution is 2.22. The van der Waals surface area contributed by atoms with Gasteiger partial charge in [0.2, 0.25) is 0 Å². The lowest BCUT2D eigenvalue weighted by molar-refractivity contribution is -0.385. The first kappa shape index (κ1) is 28.8. The summed E-state index contributed by atoms with van der Waals surface area (Å²) in [6.45, 7) is 3.79. The van der Waals surface area contributed by atoms with Gasteiger partial charge in [0, 0.05) is 35.4 Å². The monoisotopic (exact) mass is 542 g/mol. The third-order valence-electron chi connectivity index (χ3n) is 5.59. The quantitative estimate of drug-likeness (QED) is 0.140. The number of nitrogen functional groups attached to an aromatic ring is 2. The third-order valence-corrected chi connectivity index (χ3v) is 5.59. The van der Waals surface area contributed by atoms with Gasteiger partial charge >= 0.3 is 0 Å². The van der Waals surface area contributed by atoms with Crippen LogP contribution in [0.4, 0.5) is 34.1 Å². The molecule has 4 rings (SSSR count). The van der Waals surface area contributed by atoms with Crippen molar-refractivity contribution in [3.8, 4) is 0 Å². The van der Waals surface area contributed by atoms with E-state index >= 15 is 0 Å². The van der Waals surface area contributed by atoms with Crippen molar-refractivity contribution in [1.82, 2.24) is 0 Å². The van der Waals surface area contributed by atoms with E-state index in [4.69, 9.17) is 11.5 Å². The third kappa shape index (κ3) is 7.61. The lowest BCUT2D eigenvalue weighted by Crippen LogP contribution is -2.13. The topological polar surface area (TPSA) is 197 Å². The van der Waals surface area contributed by atoms with Crippen molar-refractivity contribution in [3.63, 3.8) is 0 Å². The van der Waals surface area contributed by atoms with Crippen molar-refractivity contribution in [2.45, 2.75) is 13.8 Å². The average Bonchev–Trinajstić information content (AvgIpc) is 2.92. The maximum Gasteiger partial charge on any atom is 0.269 e. The molecule has 0 spiro atoms. The number of carbonyl (C=O) groups excluding carboxylic acids is 2. The Bertz CT molecular complexity index is 1570. The number of nitro groups is 2. The summed E-state index contributed by atoms with van der Waals surface area (Å²) in [6.07, 6.45) is 0. The molecule has 12 nitrogen and oxygen atoms in total. The van der Waals surface area contributed by atoms with E-state index in [-0.39, 0.29) is 23.2 Å². The van der Waals surface area contributed by atoms with Gasteiger partial charge in [-0.15, -0.1) is 0 Å². The molecule has 12 heteroatoms. The number of anilines is 4. The summed E-state index contributed by atoms with van der Waals surface area (Å²) < 4.78 is 0. The number of nitrogens with zero attached hydrogens (tertiary/aromatic N) is 2. The molecule has 4 aromatic rings. The zero-order valence-corrected chi connectivity index (χ0v) is 21.6. The molecule has 0 fully saturated rings. The van der Waals surface area contributed by atoms with Crippen LogP contribution in [0.5, 0.6) is 0 Å². The van der Waals surface area contributed by atoms with E-state index in [2.05, 4.69) is 10.6 Å². The summed E-state index contributed by atoms with van der Waals surface area (Å²) in [6, 6.07) is 21.4. The molecule has 4 aromatic carbocycles. The maximum absolute atomic E-state index is 12.0. The van der Waals surface area contributed by atoms with Crippen LogP contribution in [0.2, 0.25) is 0 Å². The van der Waals surface area contributed by atoms with Crippen molar-refractivity contribution in [2.24, 2.45) is 0 Å². The van der Waals surface area contributed by atoms with Gasteiger partial charge in [0.05, 0.1) is 32.6 Å². The van der Waals surface area contributed by atoms with Crippen LogP contribution in [0.25, 0.3) is 0 Å². The molecule has 0 aromatic heterocycles. The van der Waals surface area contributed by atoms with Gasteiger partial charge in [-0.2, -0.15) is 0 Å². The molecule has 0 atom stereocenters. The molecule has 0 unspecified atom stereocenters. The number of nitro benzene ring substituents is 2. The Hall–Kier alpha value is -5.78. The van der Waals surface area contributed by atoms with Crippen molar-refractivity contribution in [3.05, 3.63) is 127 Å². The van der Waals surface area contributed by atoms with Gasteiger partial charge in [-0.3, -0.25) is 29.8 Å². The van der Waals surface area contributed by atoms with Gasteiger partial charge in [-0.1, -0.05) is 12.1 Å². The van der Waals surface area contributed by atoms with Crippen molar-refractivity contribution in [1.29, 1.82) is 0 Å². The number of aryl methyl sites for hydroxylation is 2. The zero-order chi connectivity index (χ0) is 29.4. The van der Waals surface area contributed by atoms with E-state index < -0.39 is 9.85 Å². The lowest BCUT2D eigenvalue weighted by Gasteiger charge is -2.09. The Morgan fingerprint density at radius 3 is 1.48 bits per heavy atom. The zero-order valence-electron chi connectivity index (χ0n) is 21.6. The fourth-order valence-electron chi connectivity index (χ4n) is 3.43. The molecule has 40 heavy (non-hydrogen) atoms. The first-order chi connectivity index (χ1) is 18.9. The van der Waals surface area contributed by atoms with Crippen molar-refractivity contribution >= 4 is 45.9 Å². The molecule has 0 saturated carbocycles. The lowest BCUT2D eigenvalue weighted by atomic mass is 10.1. The highest BCUT2D eigenvalue weighted by molar-refractivity contribution is 6.06. The molecule has 0 aliphatic carbocycles. The molecule has 0 radical (unpaired) electrons. The van der Waals surface area contributed by atoms with E-state index in [1.807, 2.05) is 26.0 Å². The van der Waals surface area contributed by atoms with E-state index in [1.165, 1.54) is 48.5 Å². The van der Waals surface area contributed by atoms with Crippen LogP contribution in [0.3, 0.4) is 0 Å². The maximum atomic E-state index is 12.0. The Balaban J connectivity index is 0.000000220. The van der Waals surface area contributed by atoms with E-state index in [9.17, 15) is 29.8 Å². The second-order valence-electron chi connectivity index (χ2n) is 8.70. The summed E-state index contributed by atoms with van der Waals surface area (Å²) in [5.41, 5.74) is 16.1. The smallest absolute Gasteiger partial charge is 0.269 e. The van der Waals surface area contributed by atoms with Gasteiger partial charge in [0.25, 0.3) is 23.2 Å². The number of hydrogen-bond donors (Lipinski definition) is 4. The average molecular weight is 543 g/mol. The minimum atomic E-state index is -0.514. The number of non-ortho nitro benzene ring substituents is 2. The largest absolute Gasteiger partial charge is 0.397 e. The molecular weight excluding hydrogens is 516 g/mol. The molecular formula is C28H26N6O6. The Labute approximate surface area is 228 Å². The summed E-state index contributed by atoms with van der Waals surface area (Å²) in [5, 5.41) is 26.4. The van der Waals surface area contributed by atoms with Gasteiger partial charge in [0.15, 0.2) is 0 Å². The highest BCUT2D eigenvalue weighted by atomic mass is 16.6. The summed E-state index contributed by atoms with van der Waals surface area (Å²) in [4.78, 5) is 44.1. The standard InChI is InChI=1S/2C14H13N3O3/c1-9-2-7-13(12(15)8-9)16-14(18)10-3-5-11(6-4-10)17(19)20;1-9-2-7-12(15)13(8-9)16-14(18)10-3-5-11(6-4-10)17(19)20/h2*2-8H,15H2,1H3,(H,16,18). The molecule has 0 aliphatic heterocycles. The number of hydrogen-bond acceptors (Lipinski definition) is 8. The van der Waals surface area contributed by atoms with Crippen LogP contribution in [-0.4, -0.2) is 21.7 Å². The van der Waals surface area contributed by atoms with Crippen LogP contribution < -0.4 is 22.1 Å². The van der Waals surface area contributed by atoms with Gasteiger partial charge in [0.1, 0.15) is 0 Å². The second-order valence-corrected chi connectivity index (χ2v) is 8.70. The Kier molecular flexibility index (Phi) is 9.10. The van der Waals surface area contributed by atoms with Gasteiger partial charge in [-0.25, -0.2) is 0 Å². The minimum absolute atomic E-state index is 0.0587. The molecule has 6 N–H and O–H groups in total. The normalized spacial score (nSPS) is 10.1. The first-order valence-corrected chi connectivity index (χ1v) is 11.8. The van der Waals surface area contributed by atoms with Crippen LogP contribution in [-0.2, 0) is 0 Å². The molecule has 0 heterocycles. The molecule has 2 amide bonds. The molecule has 0 bridgehead atoms. The number of nitrogens with one attached hydrogen (secondary N) is 2. The summed E-state index contributed by atoms with van der Waals surface area (Å²) in [7, 11) is 0. The SMILES string of the molecule is Cc1ccc(N)c(NC(=O)c2ccc([N+](=O)[O-])cc2)c1.Cc1ccc(NC(=O)c2ccc([N+](=O)[O-])cc2)c(N)c1. The second kappa shape index (κ2) is 12.6. The predicted molar refractivity (Wildman–Crippen MR) is 153 cm³/mol. The molecule has 0 saturated heterocycles. The number of rotatable bonds is 6. The van der Waals surface area contributed by atoms with Crippen LogP contribution in [0.1, 0.15) is 31.8 Å². The Morgan fingerprint density at radius 2 is 1.02 bits per heavy atom. The van der Waals surface area contributed by atoms with Crippen molar-refractivity contribution in [2.75, 3.05) is 22.1 Å². The van der Waals surface area contributed by atoms with Crippen LogP contribution in [0, 0.1) is 34.1 Å². The number of nitrogens with two attached hydrogens (primary N) is 2. The fraction of sp³-hybridized carbons (Fsp3) is 0.0714. The fourth-order valence-corrected chi connectivity index (χ4v) is 3.43. The van der Waals surface area contributed by atoms with Gasteiger partial charge in [-0.05, 0) is 73.5 Å². The highest BCUT2D eigenvalue weighted by Gasteiger charge is 2.12. The van der Waals surface area contributed by atoms with E-state index in [0.29, 0.717) is 33.9 Å².